The third-order valence-corrected chi connectivity index (χ3v) is 3.31. The Kier molecular flexibility index (Phi) is 5.30. The first kappa shape index (κ1) is 16.5. The van der Waals surface area contributed by atoms with E-state index in [4.69, 9.17) is 13.0 Å². The quantitative estimate of drug-likeness (QED) is 0.629. The molecule has 2 aromatic rings. The monoisotopic (exact) mass is 307 g/mol. The van der Waals surface area contributed by atoms with Gasteiger partial charge in [0.2, 0.25) is 7.85 Å². The van der Waals surface area contributed by atoms with Crippen LogP contribution in [0.1, 0.15) is 21.5 Å². The van der Waals surface area contributed by atoms with Gasteiger partial charge in [-0.15, -0.1) is 0 Å². The number of carboxylic acid groups (broad SMARTS) is 1. The van der Waals surface area contributed by atoms with Crippen molar-refractivity contribution in [2.75, 3.05) is 0 Å². The summed E-state index contributed by atoms with van der Waals surface area (Å²) in [7, 11) is 4.96. The summed E-state index contributed by atoms with van der Waals surface area (Å²) in [6.07, 6.45) is 0.0814. The molecule has 0 spiro atoms. The van der Waals surface area contributed by atoms with Crippen LogP contribution in [0.25, 0.3) is 0 Å². The van der Waals surface area contributed by atoms with Crippen molar-refractivity contribution in [3.05, 3.63) is 71.3 Å². The van der Waals surface area contributed by atoms with Gasteiger partial charge in [0, 0.05) is 17.5 Å². The number of carboxylic acids is 1. The minimum Gasteiger partial charge on any atom is -0.480 e. The summed E-state index contributed by atoms with van der Waals surface area (Å²) < 4.78 is 0. The lowest BCUT2D eigenvalue weighted by molar-refractivity contribution is -0.139. The van der Waals surface area contributed by atoms with Gasteiger partial charge in [-0.3, -0.25) is 9.59 Å². The molecule has 0 unspecified atom stereocenters. The van der Waals surface area contributed by atoms with Crippen molar-refractivity contribution in [1.82, 2.24) is 5.32 Å². The Hall–Kier alpha value is -2.89. The second-order valence-corrected chi connectivity index (χ2v) is 5.00. The molecule has 2 aromatic carbocycles. The van der Waals surface area contributed by atoms with Gasteiger partial charge in [-0.1, -0.05) is 54.6 Å². The van der Waals surface area contributed by atoms with Crippen molar-refractivity contribution in [3.8, 4) is 0 Å². The number of carbonyl (C=O) groups is 3. The van der Waals surface area contributed by atoms with Crippen LogP contribution in [0.4, 0.5) is 4.79 Å². The summed E-state index contributed by atoms with van der Waals surface area (Å²) in [6, 6.07) is 14.3. The Balaban J connectivity index is 2.11. The van der Waals surface area contributed by atoms with E-state index in [-0.39, 0.29) is 12.2 Å². The van der Waals surface area contributed by atoms with Gasteiger partial charge in [0.05, 0.1) is 0 Å². The van der Waals surface area contributed by atoms with E-state index in [0.717, 1.165) is 0 Å². The molecular formula is C17H14BNO4. The van der Waals surface area contributed by atoms with E-state index in [1.165, 1.54) is 0 Å². The second-order valence-electron chi connectivity index (χ2n) is 5.00. The summed E-state index contributed by atoms with van der Waals surface area (Å²) in [5, 5.41) is 11.2. The first-order valence-corrected chi connectivity index (χ1v) is 6.95. The van der Waals surface area contributed by atoms with Gasteiger partial charge in [0.1, 0.15) is 6.04 Å². The fourth-order valence-electron chi connectivity index (χ4n) is 2.16. The molecular weight excluding hydrogens is 293 g/mol. The van der Waals surface area contributed by atoms with Crippen LogP contribution < -0.4 is 5.32 Å². The zero-order valence-electron chi connectivity index (χ0n) is 12.2. The number of amides is 1. The van der Waals surface area contributed by atoms with Gasteiger partial charge >= 0.3 is 5.97 Å². The molecule has 5 nitrogen and oxygen atoms in total. The number of hydrogen-bond donors (Lipinski definition) is 2. The maximum atomic E-state index is 12.3. The van der Waals surface area contributed by atoms with Crippen LogP contribution in [0.2, 0.25) is 0 Å². The standard InChI is InChI=1S/C17H14BNO4/c18-17(23)19-14(16(21)22)10-11-6-8-13(9-7-11)15(20)12-4-2-1-3-5-12/h1-9,14H,10H2,(H,19,23)(H,21,22)/t14-/m0/s1. The number of aliphatic carboxylic acids is 1. The van der Waals surface area contributed by atoms with Crippen LogP contribution in [-0.2, 0) is 11.2 Å². The topological polar surface area (TPSA) is 83.5 Å². The Morgan fingerprint density at radius 2 is 1.52 bits per heavy atom. The van der Waals surface area contributed by atoms with Crippen LogP contribution in [0.3, 0.4) is 0 Å². The zero-order valence-corrected chi connectivity index (χ0v) is 12.2. The SMILES string of the molecule is [B]C(=O)N[C@@H](Cc1ccc(C(=O)c2ccccc2)cc1)C(=O)O. The molecule has 0 aliphatic rings. The maximum absolute atomic E-state index is 12.3. The summed E-state index contributed by atoms with van der Waals surface area (Å²) in [5.41, 5.74) is 1.77. The highest BCUT2D eigenvalue weighted by Crippen LogP contribution is 2.12. The summed E-state index contributed by atoms with van der Waals surface area (Å²) in [6.45, 7) is 0. The van der Waals surface area contributed by atoms with Crippen molar-refractivity contribution in [2.45, 2.75) is 12.5 Å². The van der Waals surface area contributed by atoms with Crippen molar-refractivity contribution in [3.63, 3.8) is 0 Å². The predicted molar refractivity (Wildman–Crippen MR) is 85.7 cm³/mol. The summed E-state index contributed by atoms with van der Waals surface area (Å²) in [4.78, 5) is 34.1. The fraction of sp³-hybridized carbons (Fsp3) is 0.118. The van der Waals surface area contributed by atoms with E-state index in [9.17, 15) is 14.4 Å². The number of hydrogen-bond acceptors (Lipinski definition) is 3. The molecule has 0 bridgehead atoms. The van der Waals surface area contributed by atoms with E-state index in [1.54, 1.807) is 48.5 Å². The van der Waals surface area contributed by atoms with Gasteiger partial charge in [-0.25, -0.2) is 4.79 Å². The van der Waals surface area contributed by atoms with Gasteiger partial charge < -0.3 is 10.4 Å². The summed E-state index contributed by atoms with van der Waals surface area (Å²) >= 11 is 0. The molecule has 2 N–H and O–H groups in total. The minimum atomic E-state index is -1.17. The normalized spacial score (nSPS) is 11.5. The van der Waals surface area contributed by atoms with Crippen LogP contribution in [0.5, 0.6) is 0 Å². The molecule has 2 rings (SSSR count). The van der Waals surface area contributed by atoms with Crippen LogP contribution in [0, 0.1) is 0 Å². The number of nitrogens with one attached hydrogen (secondary N) is 1. The molecule has 0 fully saturated rings. The molecule has 114 valence electrons. The Morgan fingerprint density at radius 1 is 0.957 bits per heavy atom. The molecule has 0 saturated heterocycles. The van der Waals surface area contributed by atoms with Gasteiger partial charge in [0.25, 0.3) is 0 Å². The molecule has 23 heavy (non-hydrogen) atoms. The number of benzene rings is 2. The highest BCUT2D eigenvalue weighted by molar-refractivity contribution is 6.57. The molecule has 0 aliphatic heterocycles. The van der Waals surface area contributed by atoms with Crippen LogP contribution in [-0.4, -0.2) is 36.6 Å². The molecule has 1 amide bonds. The largest absolute Gasteiger partial charge is 0.480 e. The van der Waals surface area contributed by atoms with Gasteiger partial charge in [-0.05, 0) is 5.56 Å². The first-order valence-electron chi connectivity index (χ1n) is 6.95. The van der Waals surface area contributed by atoms with Crippen molar-refractivity contribution in [2.24, 2.45) is 0 Å². The van der Waals surface area contributed by atoms with Crippen molar-refractivity contribution >= 4 is 25.4 Å². The van der Waals surface area contributed by atoms with Gasteiger partial charge in [-0.2, -0.15) is 0 Å². The lowest BCUT2D eigenvalue weighted by Crippen LogP contribution is -2.41. The molecule has 1 atom stereocenters. The molecule has 0 heterocycles. The molecule has 0 aliphatic carbocycles. The fourth-order valence-corrected chi connectivity index (χ4v) is 2.16. The highest BCUT2D eigenvalue weighted by Gasteiger charge is 2.18. The number of rotatable bonds is 6. The van der Waals surface area contributed by atoms with Crippen molar-refractivity contribution < 1.29 is 19.5 Å². The lowest BCUT2D eigenvalue weighted by atomic mass is 9.99. The van der Waals surface area contributed by atoms with Gasteiger partial charge in [0.15, 0.2) is 11.6 Å². The first-order chi connectivity index (χ1) is 11.0. The minimum absolute atomic E-state index is 0.0814. The highest BCUT2D eigenvalue weighted by atomic mass is 16.4. The third-order valence-electron chi connectivity index (χ3n) is 3.31. The van der Waals surface area contributed by atoms with Crippen LogP contribution in [0.15, 0.2) is 54.6 Å². The van der Waals surface area contributed by atoms with E-state index in [2.05, 4.69) is 5.32 Å². The van der Waals surface area contributed by atoms with Crippen LogP contribution >= 0.6 is 0 Å². The van der Waals surface area contributed by atoms with E-state index < -0.39 is 17.8 Å². The van der Waals surface area contributed by atoms with E-state index >= 15 is 0 Å². The van der Waals surface area contributed by atoms with Crippen molar-refractivity contribution in [1.29, 1.82) is 0 Å². The number of carbonyl (C=O) groups excluding carboxylic acids is 2. The lowest BCUT2D eigenvalue weighted by Gasteiger charge is -2.13. The molecule has 6 heteroatoms. The van der Waals surface area contributed by atoms with E-state index in [0.29, 0.717) is 16.7 Å². The zero-order chi connectivity index (χ0) is 16.8. The average molecular weight is 307 g/mol. The molecule has 2 radical (unpaired) electrons. The Labute approximate surface area is 134 Å². The molecule has 0 aromatic heterocycles. The second kappa shape index (κ2) is 7.40. The van der Waals surface area contributed by atoms with E-state index in [1.807, 2.05) is 6.07 Å². The average Bonchev–Trinajstić information content (AvgIpc) is 2.54. The molecule has 0 saturated carbocycles. The third kappa shape index (κ3) is 4.54. The summed E-state index contributed by atoms with van der Waals surface area (Å²) in [5.74, 6) is -2.18. The Morgan fingerprint density at radius 3 is 2.04 bits per heavy atom. The number of ketones is 1. The smallest absolute Gasteiger partial charge is 0.326 e. The Bertz CT molecular complexity index is 713. The predicted octanol–water partition coefficient (Wildman–Crippen LogP) is 1.79. The maximum Gasteiger partial charge on any atom is 0.326 e.